The maximum absolute atomic E-state index is 10.7. The van der Waals surface area contributed by atoms with Gasteiger partial charge in [-0.15, -0.1) is 0 Å². The summed E-state index contributed by atoms with van der Waals surface area (Å²) < 4.78 is 0. The second-order valence-corrected chi connectivity index (χ2v) is 4.59. The van der Waals surface area contributed by atoms with Gasteiger partial charge in [-0.1, -0.05) is 37.3 Å². The van der Waals surface area contributed by atoms with Gasteiger partial charge in [-0.25, -0.2) is 10.2 Å². The molecule has 2 rings (SSSR count). The van der Waals surface area contributed by atoms with Crippen molar-refractivity contribution in [2.24, 2.45) is 10.8 Å². The van der Waals surface area contributed by atoms with Crippen molar-refractivity contribution in [1.82, 2.24) is 5.43 Å². The molecule has 1 aromatic rings. The molecule has 1 unspecified atom stereocenters. The quantitative estimate of drug-likeness (QED) is 0.752. The van der Waals surface area contributed by atoms with Crippen LogP contribution in [0.25, 0.3) is 0 Å². The number of hydrazone groups is 1. The molecule has 1 aliphatic rings. The van der Waals surface area contributed by atoms with Crippen LogP contribution in [0.5, 0.6) is 0 Å². The average molecular weight is 231 g/mol. The number of carbonyl (C=O) groups is 1. The largest absolute Gasteiger partial charge is 0.350 e. The first kappa shape index (κ1) is 11.6. The number of nitrogens with two attached hydrogens (primary N) is 1. The molecule has 3 N–H and O–H groups in total. The summed E-state index contributed by atoms with van der Waals surface area (Å²) in [6.45, 7) is 2.16. The fourth-order valence-electron chi connectivity index (χ4n) is 2.45. The predicted octanol–water partition coefficient (Wildman–Crippen LogP) is 2.15. The van der Waals surface area contributed by atoms with E-state index in [1.807, 2.05) is 18.2 Å². The summed E-state index contributed by atoms with van der Waals surface area (Å²) >= 11 is 0. The maximum atomic E-state index is 10.7. The van der Waals surface area contributed by atoms with E-state index in [0.717, 1.165) is 25.0 Å². The molecule has 0 bridgehead atoms. The number of primary amides is 1. The van der Waals surface area contributed by atoms with Gasteiger partial charge in [0.1, 0.15) is 0 Å². The lowest BCUT2D eigenvalue weighted by molar-refractivity contribution is 0.249. The van der Waals surface area contributed by atoms with E-state index in [-0.39, 0.29) is 5.41 Å². The number of nitrogens with zero attached hydrogens (tertiary/aromatic N) is 1. The Morgan fingerprint density at radius 2 is 2.12 bits per heavy atom. The Bertz CT molecular complexity index is 441. The Hall–Kier alpha value is -1.84. The minimum Gasteiger partial charge on any atom is -0.350 e. The molecule has 0 aliphatic heterocycles. The van der Waals surface area contributed by atoms with Gasteiger partial charge < -0.3 is 5.73 Å². The first-order valence-electron chi connectivity index (χ1n) is 5.81. The van der Waals surface area contributed by atoms with Crippen molar-refractivity contribution in [2.75, 3.05) is 0 Å². The van der Waals surface area contributed by atoms with E-state index in [4.69, 9.17) is 5.73 Å². The van der Waals surface area contributed by atoms with Gasteiger partial charge in [0.05, 0.1) is 0 Å². The highest BCUT2D eigenvalue weighted by molar-refractivity contribution is 5.97. The summed E-state index contributed by atoms with van der Waals surface area (Å²) in [5, 5.41) is 4.14. The second-order valence-electron chi connectivity index (χ2n) is 4.59. The topological polar surface area (TPSA) is 67.5 Å². The molecule has 90 valence electrons. The highest BCUT2D eigenvalue weighted by Gasteiger charge is 2.37. The number of hydrogen-bond donors (Lipinski definition) is 2. The Balaban J connectivity index is 2.29. The van der Waals surface area contributed by atoms with Crippen LogP contribution in [0.3, 0.4) is 0 Å². The second kappa shape index (κ2) is 4.57. The number of nitrogens with one attached hydrogen (secondary N) is 1. The van der Waals surface area contributed by atoms with Crippen LogP contribution in [-0.2, 0) is 5.41 Å². The van der Waals surface area contributed by atoms with Crippen LogP contribution in [0.2, 0.25) is 0 Å². The molecule has 0 aromatic heterocycles. The number of rotatable bonds is 2. The molecule has 1 saturated carbocycles. The minimum absolute atomic E-state index is 0.0797. The molecule has 17 heavy (non-hydrogen) atoms. The minimum atomic E-state index is -0.611. The van der Waals surface area contributed by atoms with Gasteiger partial charge in [0.15, 0.2) is 0 Å². The lowest BCUT2D eigenvalue weighted by atomic mass is 9.80. The zero-order chi connectivity index (χ0) is 12.3. The van der Waals surface area contributed by atoms with Gasteiger partial charge in [-0.2, -0.15) is 5.10 Å². The standard InChI is InChI=1S/C13H17N3O/c1-13(10-6-3-2-4-7-10)9-5-8-11(13)15-16-12(14)17/h2-4,6-7H,5,8-9H2,1H3,(H3,14,16,17). The zero-order valence-corrected chi connectivity index (χ0v) is 9.94. The first-order chi connectivity index (χ1) is 8.13. The fourth-order valence-corrected chi connectivity index (χ4v) is 2.45. The number of carbonyl (C=O) groups excluding carboxylic acids is 1. The van der Waals surface area contributed by atoms with Crippen LogP contribution in [0, 0.1) is 0 Å². The average Bonchev–Trinajstić information content (AvgIpc) is 2.70. The van der Waals surface area contributed by atoms with Crippen molar-refractivity contribution in [1.29, 1.82) is 0 Å². The van der Waals surface area contributed by atoms with Gasteiger partial charge in [-0.3, -0.25) is 0 Å². The van der Waals surface area contributed by atoms with Crippen LogP contribution < -0.4 is 11.2 Å². The third kappa shape index (κ3) is 2.30. The van der Waals surface area contributed by atoms with Crippen LogP contribution >= 0.6 is 0 Å². The van der Waals surface area contributed by atoms with E-state index in [9.17, 15) is 4.79 Å². The Morgan fingerprint density at radius 3 is 2.76 bits per heavy atom. The van der Waals surface area contributed by atoms with Crippen LogP contribution in [0.1, 0.15) is 31.7 Å². The molecule has 4 nitrogen and oxygen atoms in total. The summed E-state index contributed by atoms with van der Waals surface area (Å²) in [7, 11) is 0. The van der Waals surface area contributed by atoms with E-state index in [1.54, 1.807) is 0 Å². The SMILES string of the molecule is CC1(c2ccccc2)CCCC1=NNC(N)=O. The van der Waals surface area contributed by atoms with Crippen molar-refractivity contribution in [2.45, 2.75) is 31.6 Å². The van der Waals surface area contributed by atoms with Gasteiger partial charge in [0.25, 0.3) is 0 Å². The van der Waals surface area contributed by atoms with E-state index >= 15 is 0 Å². The van der Waals surface area contributed by atoms with Gasteiger partial charge in [0.2, 0.25) is 0 Å². The Kier molecular flexibility index (Phi) is 3.13. The third-order valence-corrected chi connectivity index (χ3v) is 3.44. The van der Waals surface area contributed by atoms with Crippen molar-refractivity contribution < 1.29 is 4.79 Å². The molecule has 1 atom stereocenters. The molecule has 0 saturated heterocycles. The summed E-state index contributed by atoms with van der Waals surface area (Å²) in [5.74, 6) is 0. The highest BCUT2D eigenvalue weighted by atomic mass is 16.2. The summed E-state index contributed by atoms with van der Waals surface area (Å²) in [6.07, 6.45) is 3.05. The smallest absolute Gasteiger partial charge is 0.332 e. The molecule has 0 spiro atoms. The van der Waals surface area contributed by atoms with Crippen molar-refractivity contribution in [3.63, 3.8) is 0 Å². The van der Waals surface area contributed by atoms with Gasteiger partial charge in [0, 0.05) is 11.1 Å². The number of amides is 2. The summed E-state index contributed by atoms with van der Waals surface area (Å²) in [4.78, 5) is 10.7. The molecule has 0 heterocycles. The van der Waals surface area contributed by atoms with E-state index in [0.29, 0.717) is 0 Å². The van der Waals surface area contributed by atoms with Crippen LogP contribution in [0.15, 0.2) is 35.4 Å². The van der Waals surface area contributed by atoms with Crippen molar-refractivity contribution >= 4 is 11.7 Å². The molecular weight excluding hydrogens is 214 g/mol. The van der Waals surface area contributed by atoms with E-state index in [2.05, 4.69) is 29.6 Å². The normalized spacial score (nSPS) is 26.1. The highest BCUT2D eigenvalue weighted by Crippen LogP contribution is 2.38. The van der Waals surface area contributed by atoms with E-state index in [1.165, 1.54) is 5.56 Å². The summed E-state index contributed by atoms with van der Waals surface area (Å²) in [5.41, 5.74) is 9.54. The van der Waals surface area contributed by atoms with Gasteiger partial charge in [-0.05, 0) is 24.8 Å². The molecule has 1 fully saturated rings. The lowest BCUT2D eigenvalue weighted by Crippen LogP contribution is -2.32. The molecule has 0 radical (unpaired) electrons. The maximum Gasteiger partial charge on any atom is 0.332 e. The molecule has 1 aromatic carbocycles. The zero-order valence-electron chi connectivity index (χ0n) is 9.94. The summed E-state index contributed by atoms with van der Waals surface area (Å²) in [6, 6.07) is 9.65. The van der Waals surface area contributed by atoms with Crippen molar-refractivity contribution in [3.8, 4) is 0 Å². The fraction of sp³-hybridized carbons (Fsp3) is 0.385. The predicted molar refractivity (Wildman–Crippen MR) is 67.8 cm³/mol. The lowest BCUT2D eigenvalue weighted by Gasteiger charge is -2.25. The molecular formula is C13H17N3O. The van der Waals surface area contributed by atoms with Crippen LogP contribution in [-0.4, -0.2) is 11.7 Å². The Labute approximate surface area is 101 Å². The van der Waals surface area contributed by atoms with E-state index < -0.39 is 6.03 Å². The Morgan fingerprint density at radius 1 is 1.41 bits per heavy atom. The molecule has 4 heteroatoms. The number of hydrogen-bond acceptors (Lipinski definition) is 2. The van der Waals surface area contributed by atoms with Crippen molar-refractivity contribution in [3.05, 3.63) is 35.9 Å². The molecule has 2 amide bonds. The first-order valence-corrected chi connectivity index (χ1v) is 5.81. The number of benzene rings is 1. The van der Waals surface area contributed by atoms with Gasteiger partial charge >= 0.3 is 6.03 Å². The van der Waals surface area contributed by atoms with Crippen LogP contribution in [0.4, 0.5) is 4.79 Å². The monoisotopic (exact) mass is 231 g/mol. The molecule has 1 aliphatic carbocycles. The third-order valence-electron chi connectivity index (χ3n) is 3.44. The number of urea groups is 1.